The molecule has 1 aromatic carbocycles. The maximum Gasteiger partial charge on any atom is 0.175 e. The van der Waals surface area contributed by atoms with Crippen molar-refractivity contribution >= 4 is 11.0 Å². The lowest BCUT2D eigenvalue weighted by Crippen LogP contribution is -2.10. The van der Waals surface area contributed by atoms with E-state index in [4.69, 9.17) is 9.15 Å². The van der Waals surface area contributed by atoms with Crippen molar-refractivity contribution in [1.82, 2.24) is 0 Å². The van der Waals surface area contributed by atoms with Crippen molar-refractivity contribution < 1.29 is 14.3 Å². The molecule has 1 aliphatic carbocycles. The van der Waals surface area contributed by atoms with Gasteiger partial charge in [-0.3, -0.25) is 0 Å². The first-order valence-corrected chi connectivity index (χ1v) is 5.47. The van der Waals surface area contributed by atoms with E-state index >= 15 is 0 Å². The highest BCUT2D eigenvalue weighted by atomic mass is 16.5. The molecule has 84 valence electrons. The molecule has 0 amide bonds. The van der Waals surface area contributed by atoms with E-state index in [0.29, 0.717) is 6.42 Å². The zero-order valence-corrected chi connectivity index (χ0v) is 9.19. The molecule has 0 bridgehead atoms. The number of hydrogen-bond acceptors (Lipinski definition) is 3. The molecule has 0 spiro atoms. The lowest BCUT2D eigenvalue weighted by atomic mass is 10.0. The quantitative estimate of drug-likeness (QED) is 0.860. The number of fused-ring (bicyclic) bond motifs is 1. The van der Waals surface area contributed by atoms with Crippen molar-refractivity contribution in [2.24, 2.45) is 0 Å². The van der Waals surface area contributed by atoms with Crippen molar-refractivity contribution in [2.75, 3.05) is 7.11 Å². The van der Waals surface area contributed by atoms with Crippen molar-refractivity contribution in [1.29, 1.82) is 0 Å². The van der Waals surface area contributed by atoms with Crippen LogP contribution in [0.15, 0.2) is 28.9 Å². The second kappa shape index (κ2) is 3.25. The molecule has 1 aromatic heterocycles. The van der Waals surface area contributed by atoms with Crippen LogP contribution in [0.5, 0.6) is 5.75 Å². The summed E-state index contributed by atoms with van der Waals surface area (Å²) in [7, 11) is 1.63. The molecule has 1 saturated carbocycles. The molecular formula is C13H14O3. The molecule has 3 nitrogen and oxygen atoms in total. The summed E-state index contributed by atoms with van der Waals surface area (Å²) in [6, 6.07) is 5.83. The third kappa shape index (κ3) is 1.48. The third-order valence-electron chi connectivity index (χ3n) is 3.24. The maximum absolute atomic E-state index is 9.94. The number of furan rings is 1. The minimum Gasteiger partial charge on any atom is -0.493 e. The molecule has 0 aliphatic heterocycles. The average Bonchev–Trinajstić information content (AvgIpc) is 2.82. The smallest absolute Gasteiger partial charge is 0.175 e. The van der Waals surface area contributed by atoms with Crippen LogP contribution in [0, 0.1) is 0 Å². The largest absolute Gasteiger partial charge is 0.493 e. The number of hydrogen-bond donors (Lipinski definition) is 1. The lowest BCUT2D eigenvalue weighted by Gasteiger charge is -2.09. The Kier molecular flexibility index (Phi) is 1.98. The monoisotopic (exact) mass is 218 g/mol. The Hall–Kier alpha value is -1.48. The number of benzene rings is 1. The predicted octanol–water partition coefficient (Wildman–Crippen LogP) is 2.51. The molecule has 16 heavy (non-hydrogen) atoms. The van der Waals surface area contributed by atoms with Gasteiger partial charge in [0.2, 0.25) is 0 Å². The van der Waals surface area contributed by atoms with Gasteiger partial charge in [0.25, 0.3) is 0 Å². The Balaban J connectivity index is 2.08. The van der Waals surface area contributed by atoms with Crippen LogP contribution < -0.4 is 4.74 Å². The number of rotatable bonds is 3. The first-order valence-electron chi connectivity index (χ1n) is 5.47. The first kappa shape index (κ1) is 9.73. The standard InChI is InChI=1S/C13H14O3/c1-15-11-3-2-9(8-13(14)5-6-13)10-4-7-16-12(10)11/h2-4,7,14H,5-6,8H2,1H3. The van der Waals surface area contributed by atoms with Gasteiger partial charge in [0.05, 0.1) is 19.0 Å². The summed E-state index contributed by atoms with van der Waals surface area (Å²) in [6.07, 6.45) is 4.16. The van der Waals surface area contributed by atoms with Gasteiger partial charge in [-0.05, 0) is 30.5 Å². The number of aliphatic hydroxyl groups is 1. The normalized spacial score (nSPS) is 17.6. The summed E-state index contributed by atoms with van der Waals surface area (Å²) in [6.45, 7) is 0. The van der Waals surface area contributed by atoms with Gasteiger partial charge in [0.1, 0.15) is 0 Å². The summed E-state index contributed by atoms with van der Waals surface area (Å²) < 4.78 is 10.6. The third-order valence-corrected chi connectivity index (χ3v) is 3.24. The van der Waals surface area contributed by atoms with Crippen LogP contribution in [-0.4, -0.2) is 17.8 Å². The summed E-state index contributed by atoms with van der Waals surface area (Å²) >= 11 is 0. The fourth-order valence-electron chi connectivity index (χ4n) is 2.09. The topological polar surface area (TPSA) is 42.6 Å². The molecule has 0 atom stereocenters. The minimum atomic E-state index is -0.473. The summed E-state index contributed by atoms with van der Waals surface area (Å²) in [5.41, 5.74) is 1.42. The predicted molar refractivity (Wildman–Crippen MR) is 60.7 cm³/mol. The van der Waals surface area contributed by atoms with Gasteiger partial charge in [-0.2, -0.15) is 0 Å². The number of methoxy groups -OCH3 is 1. The van der Waals surface area contributed by atoms with Gasteiger partial charge in [-0.25, -0.2) is 0 Å². The van der Waals surface area contributed by atoms with Crippen LogP contribution in [0.1, 0.15) is 18.4 Å². The SMILES string of the molecule is COc1ccc(CC2(O)CC2)c2ccoc12. The zero-order valence-electron chi connectivity index (χ0n) is 9.19. The highest BCUT2D eigenvalue weighted by Gasteiger charge is 2.40. The Bertz CT molecular complexity index is 523. The van der Waals surface area contributed by atoms with E-state index in [1.165, 1.54) is 0 Å². The van der Waals surface area contributed by atoms with Crippen molar-refractivity contribution in [3.8, 4) is 5.75 Å². The van der Waals surface area contributed by atoms with Crippen LogP contribution in [0.2, 0.25) is 0 Å². The first-order chi connectivity index (χ1) is 7.72. The second-order valence-corrected chi connectivity index (χ2v) is 4.49. The highest BCUT2D eigenvalue weighted by molar-refractivity contribution is 5.86. The fourth-order valence-corrected chi connectivity index (χ4v) is 2.09. The molecule has 0 radical (unpaired) electrons. The molecule has 0 unspecified atom stereocenters. The summed E-state index contributed by atoms with van der Waals surface area (Å²) in [4.78, 5) is 0. The van der Waals surface area contributed by atoms with E-state index in [1.807, 2.05) is 18.2 Å². The van der Waals surface area contributed by atoms with E-state index in [2.05, 4.69) is 0 Å². The van der Waals surface area contributed by atoms with E-state index in [9.17, 15) is 5.11 Å². The summed E-state index contributed by atoms with van der Waals surface area (Å²) in [5.74, 6) is 0.742. The molecular weight excluding hydrogens is 204 g/mol. The minimum absolute atomic E-state index is 0.473. The van der Waals surface area contributed by atoms with Crippen LogP contribution in [0.25, 0.3) is 11.0 Å². The van der Waals surface area contributed by atoms with E-state index < -0.39 is 5.60 Å². The Morgan fingerprint density at radius 2 is 2.19 bits per heavy atom. The van der Waals surface area contributed by atoms with Gasteiger partial charge < -0.3 is 14.3 Å². The fraction of sp³-hybridized carbons (Fsp3) is 0.385. The lowest BCUT2D eigenvalue weighted by molar-refractivity contribution is 0.151. The molecule has 2 aromatic rings. The van der Waals surface area contributed by atoms with E-state index in [-0.39, 0.29) is 0 Å². The van der Waals surface area contributed by atoms with Crippen molar-refractivity contribution in [3.63, 3.8) is 0 Å². The van der Waals surface area contributed by atoms with Crippen LogP contribution in [0.4, 0.5) is 0 Å². The zero-order chi connectivity index (χ0) is 11.2. The Labute approximate surface area is 93.6 Å². The van der Waals surface area contributed by atoms with Crippen LogP contribution in [-0.2, 0) is 6.42 Å². The number of ether oxygens (including phenoxy) is 1. The van der Waals surface area contributed by atoms with E-state index in [1.54, 1.807) is 13.4 Å². The van der Waals surface area contributed by atoms with Crippen molar-refractivity contribution in [2.45, 2.75) is 24.9 Å². The van der Waals surface area contributed by atoms with Crippen molar-refractivity contribution in [3.05, 3.63) is 30.0 Å². The molecule has 1 fully saturated rings. The second-order valence-electron chi connectivity index (χ2n) is 4.49. The van der Waals surface area contributed by atoms with Gasteiger partial charge in [0.15, 0.2) is 11.3 Å². The van der Waals surface area contributed by atoms with E-state index in [0.717, 1.165) is 35.1 Å². The molecule has 3 rings (SSSR count). The van der Waals surface area contributed by atoms with Gasteiger partial charge in [-0.15, -0.1) is 0 Å². The molecule has 3 heteroatoms. The van der Waals surface area contributed by atoms with Crippen LogP contribution in [0.3, 0.4) is 0 Å². The van der Waals surface area contributed by atoms with Gasteiger partial charge in [0, 0.05) is 11.8 Å². The molecule has 1 heterocycles. The van der Waals surface area contributed by atoms with Gasteiger partial charge in [-0.1, -0.05) is 6.07 Å². The Morgan fingerprint density at radius 1 is 1.38 bits per heavy atom. The summed E-state index contributed by atoms with van der Waals surface area (Å²) in [5, 5.41) is 11.0. The van der Waals surface area contributed by atoms with Crippen LogP contribution >= 0.6 is 0 Å². The maximum atomic E-state index is 9.94. The highest BCUT2D eigenvalue weighted by Crippen LogP contribution is 2.40. The molecule has 1 N–H and O–H groups in total. The molecule has 1 aliphatic rings. The average molecular weight is 218 g/mol. The Morgan fingerprint density at radius 3 is 2.88 bits per heavy atom. The van der Waals surface area contributed by atoms with Gasteiger partial charge >= 0.3 is 0 Å². The molecule has 0 saturated heterocycles.